The fraction of sp³-hybridized carbons (Fsp3) is 0.600. The van der Waals surface area contributed by atoms with Gasteiger partial charge in [-0.3, -0.25) is 0 Å². The van der Waals surface area contributed by atoms with E-state index in [4.69, 9.17) is 9.47 Å². The average molecular weight is 267 g/mol. The molecule has 0 amide bonds. The van der Waals surface area contributed by atoms with Gasteiger partial charge in [0.25, 0.3) is 0 Å². The van der Waals surface area contributed by atoms with E-state index in [1.165, 1.54) is 0 Å². The first-order chi connectivity index (χ1) is 9.17. The molecule has 1 N–H and O–H groups in total. The summed E-state index contributed by atoms with van der Waals surface area (Å²) in [5, 5.41) is 9.89. The minimum atomic E-state index is -0.469. The molecule has 0 aromatic heterocycles. The second-order valence-corrected chi connectivity index (χ2v) is 4.66. The molecule has 0 heterocycles. The Bertz CT molecular complexity index is 340. The molecule has 1 rings (SSSR count). The van der Waals surface area contributed by atoms with Crippen LogP contribution in [-0.4, -0.2) is 45.1 Å². The van der Waals surface area contributed by atoms with Crippen LogP contribution in [0.3, 0.4) is 0 Å². The van der Waals surface area contributed by atoms with Crippen molar-refractivity contribution >= 4 is 5.69 Å². The van der Waals surface area contributed by atoms with Crippen molar-refractivity contribution in [2.75, 3.05) is 38.8 Å². The van der Waals surface area contributed by atoms with E-state index in [1.54, 1.807) is 7.11 Å². The molecule has 1 atom stereocenters. The SMILES string of the molecule is CCCCOCC(O)CN(C)c1ccc(OC)cc1. The molecular formula is C15H25NO3. The first-order valence-electron chi connectivity index (χ1n) is 6.78. The number of benzene rings is 1. The maximum absolute atomic E-state index is 9.89. The first-order valence-corrected chi connectivity index (χ1v) is 6.78. The van der Waals surface area contributed by atoms with Crippen LogP contribution >= 0.6 is 0 Å². The number of hydrogen-bond acceptors (Lipinski definition) is 4. The van der Waals surface area contributed by atoms with Crippen molar-refractivity contribution < 1.29 is 14.6 Å². The van der Waals surface area contributed by atoms with Gasteiger partial charge in [0.1, 0.15) is 5.75 Å². The molecule has 0 radical (unpaired) electrons. The third-order valence-electron chi connectivity index (χ3n) is 2.95. The summed E-state index contributed by atoms with van der Waals surface area (Å²) in [7, 11) is 3.60. The fourth-order valence-electron chi connectivity index (χ4n) is 1.78. The summed E-state index contributed by atoms with van der Waals surface area (Å²) in [5.41, 5.74) is 1.05. The Morgan fingerprint density at radius 3 is 2.53 bits per heavy atom. The molecule has 0 saturated carbocycles. The number of nitrogens with zero attached hydrogens (tertiary/aromatic N) is 1. The van der Waals surface area contributed by atoms with E-state index in [0.29, 0.717) is 13.2 Å². The summed E-state index contributed by atoms with van der Waals surface area (Å²) in [6.07, 6.45) is 1.69. The van der Waals surface area contributed by atoms with Gasteiger partial charge in [0.05, 0.1) is 19.8 Å². The number of aliphatic hydroxyl groups excluding tert-OH is 1. The molecule has 1 aromatic carbocycles. The van der Waals surface area contributed by atoms with Crippen molar-refractivity contribution in [2.45, 2.75) is 25.9 Å². The third kappa shape index (κ3) is 5.94. The van der Waals surface area contributed by atoms with E-state index >= 15 is 0 Å². The van der Waals surface area contributed by atoms with Gasteiger partial charge in [0.2, 0.25) is 0 Å². The van der Waals surface area contributed by atoms with Gasteiger partial charge in [0, 0.05) is 25.9 Å². The van der Waals surface area contributed by atoms with Crippen LogP contribution < -0.4 is 9.64 Å². The van der Waals surface area contributed by atoms with E-state index in [1.807, 2.05) is 36.2 Å². The highest BCUT2D eigenvalue weighted by Gasteiger charge is 2.09. The quantitative estimate of drug-likeness (QED) is 0.697. The van der Waals surface area contributed by atoms with Crippen LogP contribution in [0.5, 0.6) is 5.75 Å². The maximum atomic E-state index is 9.89. The Hall–Kier alpha value is -1.26. The zero-order valence-corrected chi connectivity index (χ0v) is 12.1. The lowest BCUT2D eigenvalue weighted by Crippen LogP contribution is -2.32. The maximum Gasteiger partial charge on any atom is 0.119 e. The number of ether oxygens (including phenoxy) is 2. The molecule has 4 nitrogen and oxygen atoms in total. The molecule has 0 saturated heterocycles. The van der Waals surface area contributed by atoms with Gasteiger partial charge in [-0.1, -0.05) is 13.3 Å². The molecule has 0 fully saturated rings. The fourth-order valence-corrected chi connectivity index (χ4v) is 1.78. The Morgan fingerprint density at radius 1 is 1.26 bits per heavy atom. The highest BCUT2D eigenvalue weighted by atomic mass is 16.5. The van der Waals surface area contributed by atoms with Crippen molar-refractivity contribution in [1.82, 2.24) is 0 Å². The summed E-state index contributed by atoms with van der Waals surface area (Å²) in [6, 6.07) is 7.78. The zero-order chi connectivity index (χ0) is 14.1. The zero-order valence-electron chi connectivity index (χ0n) is 12.1. The number of hydrogen-bond donors (Lipinski definition) is 1. The topological polar surface area (TPSA) is 41.9 Å². The Labute approximate surface area is 115 Å². The second kappa shape index (κ2) is 8.77. The van der Waals surface area contributed by atoms with Gasteiger partial charge in [0.15, 0.2) is 0 Å². The summed E-state index contributed by atoms with van der Waals surface area (Å²) in [6.45, 7) is 3.79. The summed E-state index contributed by atoms with van der Waals surface area (Å²) in [5.74, 6) is 0.834. The first kappa shape index (κ1) is 15.8. The van der Waals surface area contributed by atoms with Crippen LogP contribution in [-0.2, 0) is 4.74 Å². The van der Waals surface area contributed by atoms with Gasteiger partial charge in [-0.05, 0) is 30.7 Å². The van der Waals surface area contributed by atoms with Crippen LogP contribution in [0.2, 0.25) is 0 Å². The lowest BCUT2D eigenvalue weighted by atomic mass is 10.2. The van der Waals surface area contributed by atoms with Crippen molar-refractivity contribution in [3.8, 4) is 5.75 Å². The van der Waals surface area contributed by atoms with Crippen molar-refractivity contribution in [2.24, 2.45) is 0 Å². The molecule has 0 aliphatic rings. The van der Waals surface area contributed by atoms with Gasteiger partial charge in [-0.2, -0.15) is 0 Å². The Balaban J connectivity index is 2.33. The molecule has 0 bridgehead atoms. The number of likely N-dealkylation sites (N-methyl/N-ethyl adjacent to an activating group) is 1. The van der Waals surface area contributed by atoms with Crippen LogP contribution in [0.25, 0.3) is 0 Å². The summed E-state index contributed by atoms with van der Waals surface area (Å²) < 4.78 is 10.5. The number of anilines is 1. The Morgan fingerprint density at radius 2 is 1.95 bits per heavy atom. The van der Waals surface area contributed by atoms with Gasteiger partial charge in [-0.25, -0.2) is 0 Å². The molecule has 0 aliphatic heterocycles. The molecule has 108 valence electrons. The minimum Gasteiger partial charge on any atom is -0.497 e. The summed E-state index contributed by atoms with van der Waals surface area (Å²) in [4.78, 5) is 2.01. The van der Waals surface area contributed by atoms with Crippen LogP contribution in [0.15, 0.2) is 24.3 Å². The van der Waals surface area contributed by atoms with E-state index in [0.717, 1.165) is 30.9 Å². The normalized spacial score (nSPS) is 12.2. The minimum absolute atomic E-state index is 0.389. The highest BCUT2D eigenvalue weighted by molar-refractivity contribution is 5.48. The predicted octanol–water partition coefficient (Wildman–Crippen LogP) is 2.31. The third-order valence-corrected chi connectivity index (χ3v) is 2.95. The van der Waals surface area contributed by atoms with E-state index < -0.39 is 6.10 Å². The van der Waals surface area contributed by atoms with Crippen molar-refractivity contribution in [3.63, 3.8) is 0 Å². The van der Waals surface area contributed by atoms with E-state index in [-0.39, 0.29) is 0 Å². The number of rotatable bonds is 9. The van der Waals surface area contributed by atoms with Crippen LogP contribution in [0.1, 0.15) is 19.8 Å². The largest absolute Gasteiger partial charge is 0.497 e. The van der Waals surface area contributed by atoms with Crippen molar-refractivity contribution in [3.05, 3.63) is 24.3 Å². The van der Waals surface area contributed by atoms with Gasteiger partial charge < -0.3 is 19.5 Å². The number of unbranched alkanes of at least 4 members (excludes halogenated alkanes) is 1. The molecule has 1 aromatic rings. The predicted molar refractivity (Wildman–Crippen MR) is 78.0 cm³/mol. The highest BCUT2D eigenvalue weighted by Crippen LogP contribution is 2.18. The van der Waals surface area contributed by atoms with Gasteiger partial charge >= 0.3 is 0 Å². The van der Waals surface area contributed by atoms with Crippen LogP contribution in [0.4, 0.5) is 5.69 Å². The Kier molecular flexibility index (Phi) is 7.30. The van der Waals surface area contributed by atoms with Crippen molar-refractivity contribution in [1.29, 1.82) is 0 Å². The van der Waals surface area contributed by atoms with E-state index in [9.17, 15) is 5.11 Å². The molecule has 0 aliphatic carbocycles. The smallest absolute Gasteiger partial charge is 0.119 e. The molecule has 4 heteroatoms. The molecule has 0 spiro atoms. The second-order valence-electron chi connectivity index (χ2n) is 4.66. The standard InChI is InChI=1S/C15H25NO3/c1-4-5-10-19-12-14(17)11-16(2)13-6-8-15(18-3)9-7-13/h6-9,14,17H,4-5,10-12H2,1-3H3. The number of methoxy groups -OCH3 is 1. The average Bonchev–Trinajstić information content (AvgIpc) is 2.43. The molecule has 1 unspecified atom stereocenters. The lowest BCUT2D eigenvalue weighted by molar-refractivity contribution is 0.0397. The molecule has 19 heavy (non-hydrogen) atoms. The monoisotopic (exact) mass is 267 g/mol. The summed E-state index contributed by atoms with van der Waals surface area (Å²) >= 11 is 0. The number of aliphatic hydroxyl groups is 1. The van der Waals surface area contributed by atoms with E-state index in [2.05, 4.69) is 6.92 Å². The van der Waals surface area contributed by atoms with Gasteiger partial charge in [-0.15, -0.1) is 0 Å². The molecular weight excluding hydrogens is 242 g/mol. The van der Waals surface area contributed by atoms with Crippen LogP contribution in [0, 0.1) is 0 Å². The lowest BCUT2D eigenvalue weighted by Gasteiger charge is -2.22.